The lowest BCUT2D eigenvalue weighted by Gasteiger charge is -2.10. The van der Waals surface area contributed by atoms with E-state index in [-0.39, 0.29) is 9.79 Å². The SMILES string of the molecule is O=S1(=O)Oc2cccc3c(Cc4ccc5c6c(cccc46)OS5(=O)=O)ccc1c23. The Hall–Kier alpha value is -3.10. The van der Waals surface area contributed by atoms with Crippen LogP contribution in [-0.2, 0) is 26.7 Å². The molecule has 0 amide bonds. The lowest BCUT2D eigenvalue weighted by molar-refractivity contribution is 0.497. The molecule has 2 aliphatic rings. The molecule has 2 aliphatic heterocycles. The van der Waals surface area contributed by atoms with Gasteiger partial charge < -0.3 is 8.37 Å². The van der Waals surface area contributed by atoms with Gasteiger partial charge in [-0.15, -0.1) is 0 Å². The van der Waals surface area contributed by atoms with Crippen molar-refractivity contribution in [1.29, 1.82) is 0 Å². The second kappa shape index (κ2) is 5.28. The summed E-state index contributed by atoms with van der Waals surface area (Å²) in [5.41, 5.74) is 1.85. The summed E-state index contributed by atoms with van der Waals surface area (Å²) in [6.45, 7) is 0. The first-order valence-electron chi connectivity index (χ1n) is 8.83. The van der Waals surface area contributed by atoms with E-state index in [9.17, 15) is 16.8 Å². The number of rotatable bonds is 2. The maximum absolute atomic E-state index is 12.2. The summed E-state index contributed by atoms with van der Waals surface area (Å²) in [4.78, 5) is 0.346. The van der Waals surface area contributed by atoms with Gasteiger partial charge in [-0.25, -0.2) is 0 Å². The third kappa shape index (κ3) is 2.21. The summed E-state index contributed by atoms with van der Waals surface area (Å²) >= 11 is 0. The van der Waals surface area contributed by atoms with Crippen molar-refractivity contribution in [2.75, 3.05) is 0 Å². The van der Waals surface area contributed by atoms with Crippen molar-refractivity contribution in [3.05, 3.63) is 71.8 Å². The predicted octanol–water partition coefficient (Wildman–Crippen LogP) is 3.75. The molecule has 0 bridgehead atoms. The normalized spacial score (nSPS) is 17.4. The standard InChI is InChI=1S/C21H12O6S2/c22-28(23)18-9-7-12(14-3-1-5-16(26-28)20(14)18)11-13-8-10-19-21-15(13)4-2-6-17(21)27-29(19,24)25/h1-10H,11H2. The second-order valence-electron chi connectivity index (χ2n) is 7.05. The van der Waals surface area contributed by atoms with Crippen molar-refractivity contribution in [1.82, 2.24) is 0 Å². The minimum atomic E-state index is -3.78. The third-order valence-corrected chi connectivity index (χ3v) is 7.98. The first-order chi connectivity index (χ1) is 13.9. The molecular formula is C21H12O6S2. The van der Waals surface area contributed by atoms with E-state index in [4.69, 9.17) is 8.37 Å². The summed E-state index contributed by atoms with van der Waals surface area (Å²) in [5, 5.41) is 2.77. The summed E-state index contributed by atoms with van der Waals surface area (Å²) in [7, 11) is -7.56. The second-order valence-corrected chi connectivity index (χ2v) is 10.1. The molecule has 0 saturated heterocycles. The number of hydrogen-bond acceptors (Lipinski definition) is 6. The fraction of sp³-hybridized carbons (Fsp3) is 0.0476. The van der Waals surface area contributed by atoms with E-state index in [1.807, 2.05) is 12.1 Å². The molecule has 0 unspecified atom stereocenters. The first-order valence-corrected chi connectivity index (χ1v) is 11.6. The molecule has 8 heteroatoms. The summed E-state index contributed by atoms with van der Waals surface area (Å²) in [6, 6.07) is 17.2. The Balaban J connectivity index is 1.58. The molecule has 0 atom stereocenters. The van der Waals surface area contributed by atoms with Crippen LogP contribution >= 0.6 is 0 Å². The highest BCUT2D eigenvalue weighted by molar-refractivity contribution is 7.88. The highest BCUT2D eigenvalue weighted by atomic mass is 32.2. The maximum Gasteiger partial charge on any atom is 0.340 e. The van der Waals surface area contributed by atoms with Crippen LogP contribution in [0, 0.1) is 0 Å². The molecule has 0 saturated carbocycles. The van der Waals surface area contributed by atoms with Gasteiger partial charge in [0.1, 0.15) is 9.79 Å². The van der Waals surface area contributed by atoms with Gasteiger partial charge in [-0.3, -0.25) is 0 Å². The molecule has 0 N–H and O–H groups in total. The van der Waals surface area contributed by atoms with E-state index in [1.54, 1.807) is 48.5 Å². The monoisotopic (exact) mass is 424 g/mol. The average molecular weight is 424 g/mol. The zero-order valence-corrected chi connectivity index (χ0v) is 16.4. The van der Waals surface area contributed by atoms with Crippen molar-refractivity contribution in [3.63, 3.8) is 0 Å². The van der Waals surface area contributed by atoms with Crippen molar-refractivity contribution < 1.29 is 25.2 Å². The van der Waals surface area contributed by atoms with E-state index in [0.29, 0.717) is 28.7 Å². The Kier molecular flexibility index (Phi) is 3.06. The van der Waals surface area contributed by atoms with Crippen LogP contribution in [0.1, 0.15) is 11.1 Å². The Labute approximate surface area is 166 Å². The van der Waals surface area contributed by atoms with Crippen LogP contribution in [0.4, 0.5) is 0 Å². The third-order valence-electron chi connectivity index (χ3n) is 5.43. The van der Waals surface area contributed by atoms with Crippen LogP contribution < -0.4 is 8.37 Å². The molecule has 0 radical (unpaired) electrons. The molecule has 144 valence electrons. The van der Waals surface area contributed by atoms with Crippen molar-refractivity contribution in [2.24, 2.45) is 0 Å². The molecule has 0 spiro atoms. The molecule has 2 heterocycles. The molecule has 0 fully saturated rings. The van der Waals surface area contributed by atoms with E-state index >= 15 is 0 Å². The average Bonchev–Trinajstić information content (AvgIpc) is 3.10. The Bertz CT molecular complexity index is 1480. The molecule has 0 aliphatic carbocycles. The topological polar surface area (TPSA) is 86.7 Å². The summed E-state index contributed by atoms with van der Waals surface area (Å²) in [5.74, 6) is 0.665. The van der Waals surface area contributed by atoms with Crippen LogP contribution in [-0.4, -0.2) is 16.8 Å². The van der Waals surface area contributed by atoms with E-state index in [0.717, 1.165) is 21.9 Å². The van der Waals surface area contributed by atoms with Crippen LogP contribution in [0.5, 0.6) is 11.5 Å². The zero-order chi connectivity index (χ0) is 20.0. The predicted molar refractivity (Wildman–Crippen MR) is 106 cm³/mol. The number of benzene rings is 4. The molecule has 6 nitrogen and oxygen atoms in total. The fourth-order valence-electron chi connectivity index (χ4n) is 4.20. The van der Waals surface area contributed by atoms with Gasteiger partial charge in [-0.05, 0) is 52.6 Å². The molecule has 4 aromatic carbocycles. The van der Waals surface area contributed by atoms with Crippen molar-refractivity contribution in [2.45, 2.75) is 16.2 Å². The largest absolute Gasteiger partial charge is 0.378 e. The van der Waals surface area contributed by atoms with E-state index < -0.39 is 20.2 Å². The van der Waals surface area contributed by atoms with Gasteiger partial charge in [0, 0.05) is 10.8 Å². The highest BCUT2D eigenvalue weighted by Gasteiger charge is 2.32. The molecular weight excluding hydrogens is 412 g/mol. The molecule has 29 heavy (non-hydrogen) atoms. The van der Waals surface area contributed by atoms with Gasteiger partial charge in [0.05, 0.1) is 0 Å². The van der Waals surface area contributed by atoms with Gasteiger partial charge in [-0.1, -0.05) is 36.4 Å². The van der Waals surface area contributed by atoms with Crippen molar-refractivity contribution in [3.8, 4) is 11.5 Å². The van der Waals surface area contributed by atoms with Gasteiger partial charge in [0.15, 0.2) is 11.5 Å². The zero-order valence-electron chi connectivity index (χ0n) is 14.7. The summed E-state index contributed by atoms with van der Waals surface area (Å²) < 4.78 is 59.2. The lowest BCUT2D eigenvalue weighted by Crippen LogP contribution is -2.03. The van der Waals surface area contributed by atoms with E-state index in [1.165, 1.54) is 0 Å². The lowest BCUT2D eigenvalue weighted by atomic mass is 9.94. The minimum Gasteiger partial charge on any atom is -0.378 e. The smallest absolute Gasteiger partial charge is 0.340 e. The van der Waals surface area contributed by atoms with Gasteiger partial charge in [-0.2, -0.15) is 16.8 Å². The Morgan fingerprint density at radius 2 is 1.03 bits per heavy atom. The quantitative estimate of drug-likeness (QED) is 0.456. The number of hydrogen-bond donors (Lipinski definition) is 0. The maximum atomic E-state index is 12.2. The van der Waals surface area contributed by atoms with Gasteiger partial charge >= 0.3 is 20.2 Å². The molecule has 6 rings (SSSR count). The van der Waals surface area contributed by atoms with Gasteiger partial charge in [0.2, 0.25) is 0 Å². The van der Waals surface area contributed by atoms with Crippen LogP contribution in [0.3, 0.4) is 0 Å². The fourth-order valence-corrected chi connectivity index (χ4v) is 6.52. The summed E-state index contributed by atoms with van der Waals surface area (Å²) in [6.07, 6.45) is 0.501. The van der Waals surface area contributed by atoms with Crippen LogP contribution in [0.25, 0.3) is 21.5 Å². The molecule has 0 aromatic heterocycles. The minimum absolute atomic E-state index is 0.173. The van der Waals surface area contributed by atoms with E-state index in [2.05, 4.69) is 0 Å². The van der Waals surface area contributed by atoms with Crippen molar-refractivity contribution >= 4 is 41.8 Å². The van der Waals surface area contributed by atoms with Crippen LogP contribution in [0.2, 0.25) is 0 Å². The first kappa shape index (κ1) is 16.8. The molecule has 4 aromatic rings. The highest BCUT2D eigenvalue weighted by Crippen LogP contribution is 2.43. The Morgan fingerprint density at radius 3 is 1.48 bits per heavy atom. The van der Waals surface area contributed by atoms with Crippen LogP contribution in [0.15, 0.2) is 70.5 Å². The van der Waals surface area contributed by atoms with Gasteiger partial charge in [0.25, 0.3) is 0 Å². The Morgan fingerprint density at radius 1 is 0.586 bits per heavy atom.